The molecule has 1 aromatic rings. The van der Waals surface area contributed by atoms with E-state index in [9.17, 15) is 18.0 Å². The maximum absolute atomic E-state index is 12.6. The summed E-state index contributed by atoms with van der Waals surface area (Å²) in [4.78, 5) is 26.5. The SMILES string of the molecule is CCN(C)C(=O)c1cccc(S(=O)(=O)NC2CC(N(CC)CC(=O)O)C2)c1. The number of benzene rings is 1. The van der Waals surface area contributed by atoms with Gasteiger partial charge in [-0.1, -0.05) is 13.0 Å². The van der Waals surface area contributed by atoms with Crippen molar-refractivity contribution in [1.29, 1.82) is 0 Å². The Morgan fingerprint density at radius 3 is 2.44 bits per heavy atom. The van der Waals surface area contributed by atoms with E-state index in [1.54, 1.807) is 19.2 Å². The molecule has 1 saturated carbocycles. The van der Waals surface area contributed by atoms with Crippen molar-refractivity contribution in [2.75, 3.05) is 26.7 Å². The maximum Gasteiger partial charge on any atom is 0.317 e. The number of nitrogens with zero attached hydrogens (tertiary/aromatic N) is 2. The van der Waals surface area contributed by atoms with Crippen LogP contribution in [0.2, 0.25) is 0 Å². The van der Waals surface area contributed by atoms with Gasteiger partial charge in [0.15, 0.2) is 0 Å². The number of carboxylic acid groups (broad SMARTS) is 1. The second-order valence-electron chi connectivity index (χ2n) is 6.75. The number of carbonyl (C=O) groups is 2. The fourth-order valence-corrected chi connectivity index (χ4v) is 4.41. The summed E-state index contributed by atoms with van der Waals surface area (Å²) in [6, 6.07) is 5.82. The van der Waals surface area contributed by atoms with Gasteiger partial charge in [0, 0.05) is 31.2 Å². The molecule has 2 N–H and O–H groups in total. The molecule has 1 aliphatic rings. The van der Waals surface area contributed by atoms with E-state index >= 15 is 0 Å². The van der Waals surface area contributed by atoms with Crippen molar-refractivity contribution in [3.05, 3.63) is 29.8 Å². The van der Waals surface area contributed by atoms with Gasteiger partial charge in [-0.25, -0.2) is 13.1 Å². The minimum Gasteiger partial charge on any atom is -0.480 e. The van der Waals surface area contributed by atoms with Gasteiger partial charge in [-0.3, -0.25) is 14.5 Å². The zero-order valence-corrected chi connectivity index (χ0v) is 16.7. The molecule has 0 atom stereocenters. The summed E-state index contributed by atoms with van der Waals surface area (Å²) in [5, 5.41) is 8.93. The van der Waals surface area contributed by atoms with Crippen molar-refractivity contribution in [1.82, 2.24) is 14.5 Å². The molecule has 150 valence electrons. The van der Waals surface area contributed by atoms with E-state index in [1.807, 2.05) is 18.7 Å². The summed E-state index contributed by atoms with van der Waals surface area (Å²) in [5.41, 5.74) is 0.326. The number of likely N-dealkylation sites (N-methyl/N-ethyl adjacent to an activating group) is 1. The molecule has 0 saturated heterocycles. The lowest BCUT2D eigenvalue weighted by atomic mass is 9.86. The molecule has 27 heavy (non-hydrogen) atoms. The Labute approximate surface area is 160 Å². The third-order valence-corrected chi connectivity index (χ3v) is 6.43. The highest BCUT2D eigenvalue weighted by atomic mass is 32.2. The summed E-state index contributed by atoms with van der Waals surface area (Å²) in [6.07, 6.45) is 1.13. The monoisotopic (exact) mass is 397 g/mol. The minimum atomic E-state index is -3.74. The normalized spacial score (nSPS) is 19.6. The van der Waals surface area contributed by atoms with Crippen LogP contribution >= 0.6 is 0 Å². The van der Waals surface area contributed by atoms with Gasteiger partial charge in [0.05, 0.1) is 11.4 Å². The van der Waals surface area contributed by atoms with E-state index < -0.39 is 16.0 Å². The molecule has 0 spiro atoms. The predicted octanol–water partition coefficient (Wildman–Crippen LogP) is 0.994. The number of aliphatic carboxylic acids is 1. The van der Waals surface area contributed by atoms with Crippen LogP contribution in [0.4, 0.5) is 0 Å². The van der Waals surface area contributed by atoms with Gasteiger partial charge in [0.2, 0.25) is 10.0 Å². The highest BCUT2D eigenvalue weighted by Crippen LogP contribution is 2.27. The lowest BCUT2D eigenvalue weighted by Gasteiger charge is -2.42. The number of hydrogen-bond donors (Lipinski definition) is 2. The van der Waals surface area contributed by atoms with E-state index in [0.717, 1.165) is 0 Å². The molecule has 0 unspecified atom stereocenters. The van der Waals surface area contributed by atoms with Gasteiger partial charge in [0.1, 0.15) is 0 Å². The van der Waals surface area contributed by atoms with Crippen LogP contribution in [-0.4, -0.2) is 74.0 Å². The zero-order chi connectivity index (χ0) is 20.2. The molecular weight excluding hydrogens is 370 g/mol. The van der Waals surface area contributed by atoms with Crippen molar-refractivity contribution < 1.29 is 23.1 Å². The highest BCUT2D eigenvalue weighted by molar-refractivity contribution is 7.89. The summed E-state index contributed by atoms with van der Waals surface area (Å²) in [5.74, 6) is -1.12. The number of rotatable bonds is 9. The lowest BCUT2D eigenvalue weighted by molar-refractivity contribution is -0.139. The quantitative estimate of drug-likeness (QED) is 0.644. The average Bonchev–Trinajstić information content (AvgIpc) is 2.61. The van der Waals surface area contributed by atoms with E-state index in [2.05, 4.69) is 4.72 Å². The molecule has 0 radical (unpaired) electrons. The Hall–Kier alpha value is -1.97. The number of sulfonamides is 1. The smallest absolute Gasteiger partial charge is 0.317 e. The number of carbonyl (C=O) groups excluding carboxylic acids is 1. The first-order valence-corrected chi connectivity index (χ1v) is 10.5. The van der Waals surface area contributed by atoms with E-state index in [-0.39, 0.29) is 29.4 Å². The minimum absolute atomic E-state index is 0.0459. The molecular formula is C18H27N3O5S. The first kappa shape index (κ1) is 21.3. The Morgan fingerprint density at radius 2 is 1.89 bits per heavy atom. The first-order chi connectivity index (χ1) is 12.7. The number of hydrogen-bond acceptors (Lipinski definition) is 5. The lowest BCUT2D eigenvalue weighted by Crippen LogP contribution is -2.54. The van der Waals surface area contributed by atoms with Crippen LogP contribution in [0.1, 0.15) is 37.0 Å². The molecule has 0 aliphatic heterocycles. The number of amides is 1. The average molecular weight is 397 g/mol. The Kier molecular flexibility index (Phi) is 6.96. The van der Waals surface area contributed by atoms with Crippen LogP contribution in [0.15, 0.2) is 29.2 Å². The number of nitrogens with one attached hydrogen (secondary N) is 1. The molecule has 1 aromatic carbocycles. The molecule has 1 fully saturated rings. The standard InChI is InChI=1S/C18H27N3O5S/c1-4-20(3)18(24)13-7-6-8-16(9-13)27(25,26)19-14-10-15(11-14)21(5-2)12-17(22)23/h6-9,14-15,19H,4-5,10-12H2,1-3H3,(H,22,23). The van der Waals surface area contributed by atoms with Crippen LogP contribution in [0.25, 0.3) is 0 Å². The Morgan fingerprint density at radius 1 is 1.22 bits per heavy atom. The molecule has 2 rings (SSSR count). The van der Waals surface area contributed by atoms with Crippen LogP contribution in [0.3, 0.4) is 0 Å². The van der Waals surface area contributed by atoms with Crippen LogP contribution < -0.4 is 4.72 Å². The third-order valence-electron chi connectivity index (χ3n) is 4.91. The largest absolute Gasteiger partial charge is 0.480 e. The fraction of sp³-hybridized carbons (Fsp3) is 0.556. The second-order valence-corrected chi connectivity index (χ2v) is 8.46. The van der Waals surface area contributed by atoms with Crippen molar-refractivity contribution in [2.45, 2.75) is 43.7 Å². The van der Waals surface area contributed by atoms with Gasteiger partial charge in [-0.15, -0.1) is 0 Å². The first-order valence-electron chi connectivity index (χ1n) is 9.01. The Balaban J connectivity index is 2.02. The molecule has 9 heteroatoms. The van der Waals surface area contributed by atoms with Gasteiger partial charge < -0.3 is 10.0 Å². The van der Waals surface area contributed by atoms with Gasteiger partial charge >= 0.3 is 5.97 Å². The van der Waals surface area contributed by atoms with E-state index in [1.165, 1.54) is 17.0 Å². The van der Waals surface area contributed by atoms with Crippen LogP contribution in [0, 0.1) is 0 Å². The highest BCUT2D eigenvalue weighted by Gasteiger charge is 2.36. The number of carboxylic acids is 1. The molecule has 1 aliphatic carbocycles. The van der Waals surface area contributed by atoms with Crippen molar-refractivity contribution in [2.24, 2.45) is 0 Å². The molecule has 0 aromatic heterocycles. The third kappa shape index (κ3) is 5.27. The second kappa shape index (κ2) is 8.81. The van der Waals surface area contributed by atoms with Crippen LogP contribution in [-0.2, 0) is 14.8 Å². The van der Waals surface area contributed by atoms with Gasteiger partial charge in [-0.2, -0.15) is 0 Å². The summed E-state index contributed by atoms with van der Waals surface area (Å²) < 4.78 is 27.9. The van der Waals surface area contributed by atoms with Crippen molar-refractivity contribution in [3.8, 4) is 0 Å². The molecule has 0 heterocycles. The topological polar surface area (TPSA) is 107 Å². The maximum atomic E-state index is 12.6. The zero-order valence-electron chi connectivity index (χ0n) is 15.9. The van der Waals surface area contributed by atoms with Gasteiger partial charge in [0.25, 0.3) is 5.91 Å². The van der Waals surface area contributed by atoms with Crippen molar-refractivity contribution >= 4 is 21.9 Å². The molecule has 1 amide bonds. The predicted molar refractivity (Wildman–Crippen MR) is 101 cm³/mol. The van der Waals surface area contributed by atoms with Gasteiger partial charge in [-0.05, 0) is 44.5 Å². The van der Waals surface area contributed by atoms with Crippen LogP contribution in [0.5, 0.6) is 0 Å². The van der Waals surface area contributed by atoms with E-state index in [4.69, 9.17) is 5.11 Å². The summed E-state index contributed by atoms with van der Waals surface area (Å²) in [7, 11) is -2.08. The van der Waals surface area contributed by atoms with Crippen molar-refractivity contribution in [3.63, 3.8) is 0 Å². The van der Waals surface area contributed by atoms with E-state index in [0.29, 0.717) is 31.5 Å². The Bertz CT molecular complexity index is 790. The molecule has 0 bridgehead atoms. The summed E-state index contributed by atoms with van der Waals surface area (Å²) >= 11 is 0. The fourth-order valence-electron chi connectivity index (χ4n) is 3.10. The summed E-state index contributed by atoms with van der Waals surface area (Å²) in [6.45, 7) is 4.82. The molecule has 8 nitrogen and oxygen atoms in total.